The van der Waals surface area contributed by atoms with E-state index in [1.807, 2.05) is 25.1 Å². The van der Waals surface area contributed by atoms with Gasteiger partial charge >= 0.3 is 0 Å². The quantitative estimate of drug-likeness (QED) is 0.879. The van der Waals surface area contributed by atoms with Crippen LogP contribution in [-0.4, -0.2) is 36.5 Å². The molecule has 4 nitrogen and oxygen atoms in total. The molecule has 2 unspecified atom stereocenters. The molecule has 1 aromatic carbocycles. The number of anilines is 1. The van der Waals surface area contributed by atoms with Gasteiger partial charge in [-0.25, -0.2) is 0 Å². The fourth-order valence-electron chi connectivity index (χ4n) is 3.08. The summed E-state index contributed by atoms with van der Waals surface area (Å²) in [6, 6.07) is 7.91. The lowest BCUT2D eigenvalue weighted by Crippen LogP contribution is -2.42. The highest BCUT2D eigenvalue weighted by atomic mass is 16.2. The van der Waals surface area contributed by atoms with Gasteiger partial charge in [0.05, 0.1) is 6.04 Å². The lowest BCUT2D eigenvalue weighted by molar-refractivity contribution is -0.120. The third-order valence-electron chi connectivity index (χ3n) is 4.85. The number of benzene rings is 1. The van der Waals surface area contributed by atoms with E-state index in [1.54, 1.807) is 0 Å². The van der Waals surface area contributed by atoms with E-state index in [0.29, 0.717) is 12.5 Å². The maximum Gasteiger partial charge on any atom is 0.241 e. The van der Waals surface area contributed by atoms with Crippen LogP contribution in [-0.2, 0) is 4.79 Å². The van der Waals surface area contributed by atoms with Gasteiger partial charge in [0.2, 0.25) is 5.91 Å². The highest BCUT2D eigenvalue weighted by Gasteiger charge is 2.36. The number of likely N-dealkylation sites (tertiary alicyclic amines) is 1. The molecule has 1 heterocycles. The van der Waals surface area contributed by atoms with Gasteiger partial charge in [-0.2, -0.15) is 0 Å². The Morgan fingerprint density at radius 3 is 2.64 bits per heavy atom. The molecule has 1 saturated heterocycles. The number of para-hydroxylation sites is 1. The Bertz CT molecular complexity index is 529. The highest BCUT2D eigenvalue weighted by Crippen LogP contribution is 2.30. The molecule has 1 aliphatic heterocycles. The number of nitrogens with zero attached hydrogens (tertiary/aromatic N) is 1. The van der Waals surface area contributed by atoms with Crippen LogP contribution in [0.1, 0.15) is 45.6 Å². The number of nitrogens with two attached hydrogens (primary N) is 1. The molecule has 0 bridgehead atoms. The predicted octanol–water partition coefficient (Wildman–Crippen LogP) is 2.81. The molecule has 4 heteroatoms. The molecule has 1 aliphatic rings. The number of hydrogen-bond donors (Lipinski definition) is 2. The van der Waals surface area contributed by atoms with Gasteiger partial charge in [-0.1, -0.05) is 39.0 Å². The molecule has 0 radical (unpaired) electrons. The van der Waals surface area contributed by atoms with Crippen molar-refractivity contribution in [1.29, 1.82) is 0 Å². The minimum Gasteiger partial charge on any atom is -0.330 e. The van der Waals surface area contributed by atoms with Gasteiger partial charge in [0, 0.05) is 12.2 Å². The Morgan fingerprint density at radius 1 is 1.36 bits per heavy atom. The average Bonchev–Trinajstić information content (AvgIpc) is 2.90. The van der Waals surface area contributed by atoms with Gasteiger partial charge in [0.1, 0.15) is 0 Å². The van der Waals surface area contributed by atoms with E-state index in [4.69, 9.17) is 5.73 Å². The zero-order chi connectivity index (χ0) is 16.3. The first-order chi connectivity index (χ1) is 10.4. The SMILES string of the molecule is CC(C)c1ccccc1NC(=O)C(C)N1CCC(C)(CN)C1. The minimum atomic E-state index is -0.131. The van der Waals surface area contributed by atoms with Crippen molar-refractivity contribution in [2.75, 3.05) is 25.0 Å². The Balaban J connectivity index is 2.04. The molecule has 2 rings (SSSR count). The van der Waals surface area contributed by atoms with Crippen LogP contribution >= 0.6 is 0 Å². The molecule has 3 N–H and O–H groups in total. The van der Waals surface area contributed by atoms with Crippen molar-refractivity contribution in [3.63, 3.8) is 0 Å². The first kappa shape index (κ1) is 17.0. The van der Waals surface area contributed by atoms with Crippen molar-refractivity contribution >= 4 is 11.6 Å². The Kier molecular flexibility index (Phi) is 5.24. The third-order valence-corrected chi connectivity index (χ3v) is 4.85. The van der Waals surface area contributed by atoms with Crippen molar-refractivity contribution in [3.05, 3.63) is 29.8 Å². The number of hydrogen-bond acceptors (Lipinski definition) is 3. The number of carbonyl (C=O) groups excluding carboxylic acids is 1. The van der Waals surface area contributed by atoms with Gasteiger partial charge in [-0.3, -0.25) is 9.69 Å². The third kappa shape index (κ3) is 3.68. The number of amides is 1. The smallest absolute Gasteiger partial charge is 0.241 e. The van der Waals surface area contributed by atoms with E-state index in [1.165, 1.54) is 5.56 Å². The zero-order valence-corrected chi connectivity index (χ0v) is 14.2. The van der Waals surface area contributed by atoms with E-state index in [2.05, 4.69) is 37.1 Å². The second-order valence-electron chi connectivity index (χ2n) is 7.14. The second-order valence-corrected chi connectivity index (χ2v) is 7.14. The second kappa shape index (κ2) is 6.80. The molecule has 1 fully saturated rings. The van der Waals surface area contributed by atoms with Crippen LogP contribution in [0.25, 0.3) is 0 Å². The van der Waals surface area contributed by atoms with Crippen LogP contribution in [0.5, 0.6) is 0 Å². The topological polar surface area (TPSA) is 58.4 Å². The molecule has 0 saturated carbocycles. The molecular formula is C18H29N3O. The van der Waals surface area contributed by atoms with E-state index >= 15 is 0 Å². The van der Waals surface area contributed by atoms with Crippen LogP contribution in [0.2, 0.25) is 0 Å². The summed E-state index contributed by atoms with van der Waals surface area (Å²) in [6.07, 6.45) is 1.06. The molecule has 0 aromatic heterocycles. The molecule has 2 atom stereocenters. The van der Waals surface area contributed by atoms with E-state index in [0.717, 1.165) is 25.2 Å². The summed E-state index contributed by atoms with van der Waals surface area (Å²) in [5.41, 5.74) is 8.10. The fourth-order valence-corrected chi connectivity index (χ4v) is 3.08. The molecule has 1 aromatic rings. The molecule has 122 valence electrons. The van der Waals surface area contributed by atoms with Gasteiger partial charge < -0.3 is 11.1 Å². The lowest BCUT2D eigenvalue weighted by Gasteiger charge is -2.27. The minimum absolute atomic E-state index is 0.0642. The van der Waals surface area contributed by atoms with Crippen molar-refractivity contribution in [2.24, 2.45) is 11.1 Å². The van der Waals surface area contributed by atoms with Crippen molar-refractivity contribution in [3.8, 4) is 0 Å². The Labute approximate surface area is 134 Å². The fraction of sp³-hybridized carbons (Fsp3) is 0.611. The van der Waals surface area contributed by atoms with Gasteiger partial charge in [0.15, 0.2) is 0 Å². The average molecular weight is 303 g/mol. The zero-order valence-electron chi connectivity index (χ0n) is 14.2. The van der Waals surface area contributed by atoms with Gasteiger partial charge in [-0.05, 0) is 49.4 Å². The van der Waals surface area contributed by atoms with Crippen molar-refractivity contribution in [1.82, 2.24) is 4.90 Å². The van der Waals surface area contributed by atoms with Gasteiger partial charge in [0.25, 0.3) is 0 Å². The maximum atomic E-state index is 12.6. The van der Waals surface area contributed by atoms with E-state index < -0.39 is 0 Å². The summed E-state index contributed by atoms with van der Waals surface area (Å²) in [4.78, 5) is 14.8. The molecule has 1 amide bonds. The standard InChI is InChI=1S/C18H29N3O/c1-13(2)15-7-5-6-8-16(15)20-17(22)14(3)21-10-9-18(4,11-19)12-21/h5-8,13-14H,9-12,19H2,1-4H3,(H,20,22). The van der Waals surface area contributed by atoms with Crippen LogP contribution in [0.3, 0.4) is 0 Å². The summed E-state index contributed by atoms with van der Waals surface area (Å²) in [6.45, 7) is 11.0. The highest BCUT2D eigenvalue weighted by molar-refractivity contribution is 5.95. The van der Waals surface area contributed by atoms with E-state index in [-0.39, 0.29) is 17.4 Å². The van der Waals surface area contributed by atoms with E-state index in [9.17, 15) is 4.79 Å². The van der Waals surface area contributed by atoms with Crippen LogP contribution < -0.4 is 11.1 Å². The maximum absolute atomic E-state index is 12.6. The summed E-state index contributed by atoms with van der Waals surface area (Å²) in [5, 5.41) is 3.10. The summed E-state index contributed by atoms with van der Waals surface area (Å²) >= 11 is 0. The normalized spacial score (nSPS) is 23.7. The summed E-state index contributed by atoms with van der Waals surface area (Å²) in [5.74, 6) is 0.452. The largest absolute Gasteiger partial charge is 0.330 e. The summed E-state index contributed by atoms with van der Waals surface area (Å²) < 4.78 is 0. The predicted molar refractivity (Wildman–Crippen MR) is 92.0 cm³/mol. The molecular weight excluding hydrogens is 274 g/mol. The first-order valence-corrected chi connectivity index (χ1v) is 8.20. The van der Waals surface area contributed by atoms with Crippen molar-refractivity contribution in [2.45, 2.75) is 46.1 Å². The number of nitrogens with one attached hydrogen (secondary N) is 1. The molecule has 0 spiro atoms. The van der Waals surface area contributed by atoms with Gasteiger partial charge in [-0.15, -0.1) is 0 Å². The molecule has 22 heavy (non-hydrogen) atoms. The van der Waals surface area contributed by atoms with Crippen LogP contribution in [0.15, 0.2) is 24.3 Å². The monoisotopic (exact) mass is 303 g/mol. The first-order valence-electron chi connectivity index (χ1n) is 8.20. The Hall–Kier alpha value is -1.39. The molecule has 0 aliphatic carbocycles. The van der Waals surface area contributed by atoms with Crippen molar-refractivity contribution < 1.29 is 4.79 Å². The lowest BCUT2D eigenvalue weighted by atomic mass is 9.90. The number of rotatable bonds is 5. The van der Waals surface area contributed by atoms with Crippen LogP contribution in [0, 0.1) is 5.41 Å². The summed E-state index contributed by atoms with van der Waals surface area (Å²) in [7, 11) is 0. The Morgan fingerprint density at radius 2 is 2.05 bits per heavy atom. The van der Waals surface area contributed by atoms with Crippen LogP contribution in [0.4, 0.5) is 5.69 Å². The number of carbonyl (C=O) groups is 1.